The monoisotopic (exact) mass is 428 g/mol. The number of thioether (sulfide) groups is 1. The van der Waals surface area contributed by atoms with E-state index >= 15 is 0 Å². The first-order chi connectivity index (χ1) is 15.2. The molecule has 31 heavy (non-hydrogen) atoms. The number of pyridine rings is 1. The highest BCUT2D eigenvalue weighted by molar-refractivity contribution is 8.12. The van der Waals surface area contributed by atoms with Crippen LogP contribution in [-0.2, 0) is 5.75 Å². The van der Waals surface area contributed by atoms with Crippen LogP contribution in [0.3, 0.4) is 0 Å². The van der Waals surface area contributed by atoms with Gasteiger partial charge in [-0.1, -0.05) is 72.4 Å². The molecule has 6 heteroatoms. The molecule has 1 amide bonds. The molecule has 0 unspecified atom stereocenters. The van der Waals surface area contributed by atoms with E-state index in [9.17, 15) is 10.1 Å². The normalized spacial score (nSPS) is 14.3. The highest BCUT2D eigenvalue weighted by Gasteiger charge is 2.21. The van der Waals surface area contributed by atoms with Crippen LogP contribution in [0.2, 0.25) is 0 Å². The predicted molar refractivity (Wildman–Crippen MR) is 126 cm³/mol. The van der Waals surface area contributed by atoms with E-state index < -0.39 is 0 Å². The molecule has 2 heterocycles. The van der Waals surface area contributed by atoms with Crippen LogP contribution in [0.5, 0.6) is 0 Å². The van der Waals surface area contributed by atoms with Gasteiger partial charge in [-0.05, 0) is 18.7 Å². The highest BCUT2D eigenvalue weighted by atomic mass is 32.2. The average molecular weight is 429 g/mol. The Morgan fingerprint density at radius 1 is 1.00 bits per heavy atom. The van der Waals surface area contributed by atoms with Gasteiger partial charge in [-0.2, -0.15) is 5.26 Å². The van der Waals surface area contributed by atoms with E-state index in [1.807, 2.05) is 71.6 Å². The number of carbonyl (C=O) groups excluding carboxylic acids is 1. The Balaban J connectivity index is 1.68. The maximum Gasteiger partial charge on any atom is 0.282 e. The molecule has 5 nitrogen and oxygen atoms in total. The van der Waals surface area contributed by atoms with Gasteiger partial charge in [0.05, 0.1) is 23.0 Å². The summed E-state index contributed by atoms with van der Waals surface area (Å²) in [6.45, 7) is 3.27. The van der Waals surface area contributed by atoms with Crippen LogP contribution < -0.4 is 0 Å². The van der Waals surface area contributed by atoms with E-state index in [0.717, 1.165) is 54.3 Å². The molecular weight excluding hydrogens is 404 g/mol. The first-order valence-electron chi connectivity index (χ1n) is 10.3. The minimum Gasteiger partial charge on any atom is -0.331 e. The Kier molecular flexibility index (Phi) is 6.66. The Hall–Kier alpha value is -3.14. The Morgan fingerprint density at radius 3 is 2.23 bits per heavy atom. The quantitative estimate of drug-likeness (QED) is 0.592. The van der Waals surface area contributed by atoms with Gasteiger partial charge in [0.1, 0.15) is 0 Å². The lowest BCUT2D eigenvalue weighted by molar-refractivity contribution is 0.172. The van der Waals surface area contributed by atoms with Crippen molar-refractivity contribution in [2.24, 2.45) is 0 Å². The Bertz CT molecular complexity index is 1090. The SMILES string of the molecule is CN1CCN(C(=O)SCc2nc(-c3ccccc3)cc(C#N)c2-c2ccccc2)CC1. The van der Waals surface area contributed by atoms with Gasteiger partial charge in [0.25, 0.3) is 5.24 Å². The zero-order valence-corrected chi connectivity index (χ0v) is 18.3. The van der Waals surface area contributed by atoms with Crippen LogP contribution in [0, 0.1) is 11.3 Å². The lowest BCUT2D eigenvalue weighted by Gasteiger charge is -2.32. The maximum atomic E-state index is 12.8. The van der Waals surface area contributed by atoms with Gasteiger partial charge in [-0.3, -0.25) is 9.78 Å². The molecule has 0 radical (unpaired) electrons. The second-order valence-electron chi connectivity index (χ2n) is 7.57. The molecule has 2 aromatic carbocycles. The van der Waals surface area contributed by atoms with Crippen molar-refractivity contribution in [2.45, 2.75) is 5.75 Å². The first kappa shape index (κ1) is 21.1. The van der Waals surface area contributed by atoms with Gasteiger partial charge >= 0.3 is 0 Å². The molecule has 1 saturated heterocycles. The summed E-state index contributed by atoms with van der Waals surface area (Å²) in [6.07, 6.45) is 0. The van der Waals surface area contributed by atoms with Gasteiger partial charge in [0.15, 0.2) is 0 Å². The Morgan fingerprint density at radius 2 is 1.61 bits per heavy atom. The Labute approximate surface area is 187 Å². The maximum absolute atomic E-state index is 12.8. The number of hydrogen-bond donors (Lipinski definition) is 0. The lowest BCUT2D eigenvalue weighted by atomic mass is 9.97. The summed E-state index contributed by atoms with van der Waals surface area (Å²) in [7, 11) is 2.07. The predicted octanol–water partition coefficient (Wildman–Crippen LogP) is 4.89. The topological polar surface area (TPSA) is 60.2 Å². The highest BCUT2D eigenvalue weighted by Crippen LogP contribution is 2.33. The molecule has 156 valence electrons. The van der Waals surface area contributed by atoms with Gasteiger partial charge in [-0.15, -0.1) is 0 Å². The summed E-state index contributed by atoms with van der Waals surface area (Å²) in [5.74, 6) is 0.421. The smallest absolute Gasteiger partial charge is 0.282 e. The molecular formula is C25H24N4OS. The molecule has 1 aliphatic rings. The third-order valence-electron chi connectivity index (χ3n) is 5.44. The number of carbonyl (C=O) groups is 1. The molecule has 0 aliphatic carbocycles. The number of piperazine rings is 1. The van der Waals surface area contributed by atoms with Gasteiger partial charge in [-0.25, -0.2) is 0 Å². The van der Waals surface area contributed by atoms with Crippen LogP contribution >= 0.6 is 11.8 Å². The van der Waals surface area contributed by atoms with E-state index in [4.69, 9.17) is 4.98 Å². The molecule has 0 atom stereocenters. The minimum atomic E-state index is 0.0672. The second-order valence-corrected chi connectivity index (χ2v) is 8.49. The van der Waals surface area contributed by atoms with Crippen LogP contribution in [0.4, 0.5) is 4.79 Å². The number of hydrogen-bond acceptors (Lipinski definition) is 5. The third kappa shape index (κ3) is 4.96. The molecule has 0 spiro atoms. The van der Waals surface area contributed by atoms with Gasteiger partial charge in [0, 0.05) is 43.1 Å². The number of nitrogens with zero attached hydrogens (tertiary/aromatic N) is 4. The zero-order chi connectivity index (χ0) is 21.6. The molecule has 1 fully saturated rings. The van der Waals surface area contributed by atoms with Crippen molar-refractivity contribution < 1.29 is 4.79 Å². The number of benzene rings is 2. The van der Waals surface area contributed by atoms with Crippen molar-refractivity contribution in [3.63, 3.8) is 0 Å². The molecule has 0 N–H and O–H groups in total. The van der Waals surface area contributed by atoms with Crippen LogP contribution in [0.25, 0.3) is 22.4 Å². The molecule has 0 saturated carbocycles. The molecule has 1 aliphatic heterocycles. The fourth-order valence-electron chi connectivity index (χ4n) is 3.68. The van der Waals surface area contributed by atoms with Gasteiger partial charge < -0.3 is 9.80 Å². The molecule has 4 rings (SSSR count). The van der Waals surface area contributed by atoms with E-state index in [2.05, 4.69) is 18.0 Å². The molecule has 0 bridgehead atoms. The average Bonchev–Trinajstić information content (AvgIpc) is 2.83. The van der Waals surface area contributed by atoms with Gasteiger partial charge in [0.2, 0.25) is 0 Å². The second kappa shape index (κ2) is 9.78. The zero-order valence-electron chi connectivity index (χ0n) is 17.5. The largest absolute Gasteiger partial charge is 0.331 e. The fraction of sp³-hybridized carbons (Fsp3) is 0.240. The van der Waals surface area contributed by atoms with E-state index in [0.29, 0.717) is 11.3 Å². The number of amides is 1. The van der Waals surface area contributed by atoms with E-state index in [1.165, 1.54) is 11.8 Å². The van der Waals surface area contributed by atoms with Crippen LogP contribution in [0.15, 0.2) is 66.7 Å². The molecule has 3 aromatic rings. The van der Waals surface area contributed by atoms with Crippen molar-refractivity contribution >= 4 is 17.0 Å². The summed E-state index contributed by atoms with van der Waals surface area (Å²) >= 11 is 1.27. The van der Waals surface area contributed by atoms with Crippen molar-refractivity contribution in [2.75, 3.05) is 33.2 Å². The van der Waals surface area contributed by atoms with E-state index in [-0.39, 0.29) is 5.24 Å². The summed E-state index contributed by atoms with van der Waals surface area (Å²) < 4.78 is 0. The van der Waals surface area contributed by atoms with E-state index in [1.54, 1.807) is 0 Å². The summed E-state index contributed by atoms with van der Waals surface area (Å²) in [5, 5.41) is 9.98. The van der Waals surface area contributed by atoms with Crippen molar-refractivity contribution in [3.05, 3.63) is 78.0 Å². The number of aromatic nitrogens is 1. The summed E-state index contributed by atoms with van der Waals surface area (Å²) in [5.41, 5.74) is 4.78. The molecule has 1 aromatic heterocycles. The summed E-state index contributed by atoms with van der Waals surface area (Å²) in [6, 6.07) is 23.9. The third-order valence-corrected chi connectivity index (χ3v) is 6.36. The number of likely N-dealkylation sites (N-methyl/N-ethyl adjacent to an activating group) is 1. The number of nitriles is 1. The van der Waals surface area contributed by atoms with Crippen molar-refractivity contribution in [1.82, 2.24) is 14.8 Å². The summed E-state index contributed by atoms with van der Waals surface area (Å²) in [4.78, 5) is 21.8. The fourth-order valence-corrected chi connectivity index (χ4v) is 4.52. The lowest BCUT2D eigenvalue weighted by Crippen LogP contribution is -2.45. The van der Waals surface area contributed by atoms with Crippen LogP contribution in [0.1, 0.15) is 11.3 Å². The number of rotatable bonds is 4. The van der Waals surface area contributed by atoms with Crippen LogP contribution in [-0.4, -0.2) is 53.2 Å². The van der Waals surface area contributed by atoms with Crippen molar-refractivity contribution in [3.8, 4) is 28.5 Å². The minimum absolute atomic E-state index is 0.0672. The first-order valence-corrected chi connectivity index (χ1v) is 11.3. The standard InChI is InChI=1S/C25H24N4OS/c1-28-12-14-29(15-13-28)25(30)31-18-23-24(20-10-6-3-7-11-20)21(17-26)16-22(27-23)19-8-4-2-5-9-19/h2-11,16H,12-15,18H2,1H3. The van der Waals surface area contributed by atoms with Crippen molar-refractivity contribution in [1.29, 1.82) is 5.26 Å².